The number of esters is 4. The molecule has 0 aliphatic carbocycles. The van der Waals surface area contributed by atoms with Crippen molar-refractivity contribution in [2.75, 3.05) is 39.6 Å². The minimum Gasteiger partial charge on any atom is -0.462 e. The third kappa shape index (κ3) is 78.2. The molecule has 0 radical (unpaired) electrons. The molecule has 0 saturated heterocycles. The zero-order valence-corrected chi connectivity index (χ0v) is 70.0. The smallest absolute Gasteiger partial charge is 0.462 e. The maximum Gasteiger partial charge on any atom is 0.472 e. The van der Waals surface area contributed by atoms with Gasteiger partial charge in [0, 0.05) is 25.7 Å². The molecule has 104 heavy (non-hydrogen) atoms. The number of phosphoric acid groups is 2. The zero-order valence-electron chi connectivity index (χ0n) is 68.2. The summed E-state index contributed by atoms with van der Waals surface area (Å²) >= 11 is 0. The molecule has 0 aliphatic rings. The normalized spacial score (nSPS) is 13.8. The Morgan fingerprint density at radius 1 is 0.260 bits per heavy atom. The Morgan fingerprint density at radius 3 is 0.654 bits per heavy atom. The van der Waals surface area contributed by atoms with Crippen molar-refractivity contribution in [2.24, 2.45) is 5.92 Å². The van der Waals surface area contributed by atoms with Crippen LogP contribution >= 0.6 is 15.6 Å². The molecule has 0 spiro atoms. The lowest BCUT2D eigenvalue weighted by atomic mass is 10.0. The zero-order chi connectivity index (χ0) is 76.2. The molecule has 0 saturated carbocycles. The quantitative estimate of drug-likeness (QED) is 0.0222. The lowest BCUT2D eigenvalue weighted by Crippen LogP contribution is -2.30. The average molecular weight is 1520 g/mol. The van der Waals surface area contributed by atoms with Gasteiger partial charge in [0.25, 0.3) is 0 Å². The topological polar surface area (TPSA) is 237 Å². The van der Waals surface area contributed by atoms with Crippen LogP contribution in [-0.2, 0) is 65.4 Å². The minimum absolute atomic E-state index is 0.108. The van der Waals surface area contributed by atoms with E-state index in [1.807, 2.05) is 0 Å². The molecule has 618 valence electrons. The van der Waals surface area contributed by atoms with Crippen LogP contribution < -0.4 is 0 Å². The lowest BCUT2D eigenvalue weighted by molar-refractivity contribution is -0.161. The second-order valence-electron chi connectivity index (χ2n) is 31.1. The summed E-state index contributed by atoms with van der Waals surface area (Å²) in [5.74, 6) is -1.31. The van der Waals surface area contributed by atoms with Crippen molar-refractivity contribution in [3.8, 4) is 0 Å². The van der Waals surface area contributed by atoms with Crippen LogP contribution in [0.3, 0.4) is 0 Å². The van der Waals surface area contributed by atoms with E-state index >= 15 is 0 Å². The van der Waals surface area contributed by atoms with E-state index in [-0.39, 0.29) is 25.7 Å². The second-order valence-corrected chi connectivity index (χ2v) is 34.0. The molecule has 0 heterocycles. The molecular formula is C85H166O17P2. The molecular weight excluding hydrogens is 1350 g/mol. The highest BCUT2D eigenvalue weighted by Gasteiger charge is 2.30. The molecule has 2 unspecified atom stereocenters. The predicted molar refractivity (Wildman–Crippen MR) is 428 cm³/mol. The van der Waals surface area contributed by atoms with Crippen molar-refractivity contribution in [1.29, 1.82) is 0 Å². The fourth-order valence-electron chi connectivity index (χ4n) is 13.3. The lowest BCUT2D eigenvalue weighted by Gasteiger charge is -2.21. The Labute approximate surface area is 638 Å². The van der Waals surface area contributed by atoms with E-state index in [4.69, 9.17) is 37.0 Å². The Hall–Kier alpha value is -1.94. The van der Waals surface area contributed by atoms with Crippen molar-refractivity contribution < 1.29 is 80.2 Å². The molecule has 0 bridgehead atoms. The van der Waals surface area contributed by atoms with E-state index in [1.54, 1.807) is 0 Å². The van der Waals surface area contributed by atoms with Crippen LogP contribution in [0, 0.1) is 5.92 Å². The van der Waals surface area contributed by atoms with Gasteiger partial charge in [-0.25, -0.2) is 9.13 Å². The van der Waals surface area contributed by atoms with Crippen molar-refractivity contribution in [3.63, 3.8) is 0 Å². The van der Waals surface area contributed by atoms with Gasteiger partial charge < -0.3 is 33.8 Å². The summed E-state index contributed by atoms with van der Waals surface area (Å²) in [7, 11) is -9.92. The molecule has 17 nitrogen and oxygen atoms in total. The number of carbonyl (C=O) groups is 4. The third-order valence-corrected chi connectivity index (χ3v) is 21.9. The maximum atomic E-state index is 13.1. The average Bonchev–Trinajstić information content (AvgIpc) is 0.972. The Kier molecular flexibility index (Phi) is 76.3. The third-order valence-electron chi connectivity index (χ3n) is 20.0. The van der Waals surface area contributed by atoms with Crippen molar-refractivity contribution in [3.05, 3.63) is 0 Å². The van der Waals surface area contributed by atoms with Crippen LogP contribution in [0.15, 0.2) is 0 Å². The van der Waals surface area contributed by atoms with Crippen LogP contribution in [-0.4, -0.2) is 96.7 Å². The highest BCUT2D eigenvalue weighted by atomic mass is 31.2. The summed E-state index contributed by atoms with van der Waals surface area (Å²) < 4.78 is 68.7. The summed E-state index contributed by atoms with van der Waals surface area (Å²) in [5.41, 5.74) is 0. The van der Waals surface area contributed by atoms with Gasteiger partial charge in [0.05, 0.1) is 26.4 Å². The highest BCUT2D eigenvalue weighted by Crippen LogP contribution is 2.45. The summed E-state index contributed by atoms with van der Waals surface area (Å²) in [5, 5.41) is 10.6. The SMILES string of the molecule is CCCCCCCCCCCCCCCCCCCCCCCC(=O)O[C@H](COC(=O)CCCCCCCCCCCCCCCCCCCCC)COP(=O)(O)OC[C@@H](O)COP(=O)(O)OC[C@@H](COC(=O)CCCCCCCCC)OC(=O)CCCCCCCCCCCCCCCCC(C)C. The van der Waals surface area contributed by atoms with Gasteiger partial charge in [0.15, 0.2) is 12.2 Å². The van der Waals surface area contributed by atoms with Gasteiger partial charge in [0.2, 0.25) is 0 Å². The monoisotopic (exact) mass is 1520 g/mol. The first-order chi connectivity index (χ1) is 50.5. The van der Waals surface area contributed by atoms with Crippen LogP contribution in [0.25, 0.3) is 0 Å². The molecule has 0 aromatic heterocycles. The van der Waals surface area contributed by atoms with Gasteiger partial charge >= 0.3 is 39.5 Å². The molecule has 19 heteroatoms. The number of carbonyl (C=O) groups excluding carboxylic acids is 4. The summed E-state index contributed by atoms with van der Waals surface area (Å²) in [6.45, 7) is 7.33. The maximum absolute atomic E-state index is 13.1. The molecule has 0 aliphatic heterocycles. The standard InChI is InChI=1S/C85H166O17P2/c1-6-9-12-15-18-20-22-24-26-28-30-31-33-35-37-42-46-50-55-60-65-71-85(90)102-81(75-96-83(88)69-64-59-54-49-45-41-36-34-32-29-27-25-23-21-19-16-13-10-7-2)77-100-104(93,94)98-73-79(86)72-97-103(91,92)99-76-80(74-95-82(87)68-63-58-52-17-14-11-8-3)101-84(89)70-66-61-56-51-47-43-39-38-40-44-48-53-57-62-67-78(4)5/h78-81,86H,6-77H2,1-5H3,(H,91,92)(H,93,94)/t79-,80+,81+/m0/s1. The fraction of sp³-hybridized carbons (Fsp3) is 0.953. The molecule has 0 aromatic carbocycles. The Bertz CT molecular complexity index is 1980. The first kappa shape index (κ1) is 102. The number of phosphoric ester groups is 2. The number of hydrogen-bond donors (Lipinski definition) is 3. The summed E-state index contributed by atoms with van der Waals surface area (Å²) in [4.78, 5) is 73.0. The van der Waals surface area contributed by atoms with E-state index in [0.717, 1.165) is 109 Å². The molecule has 0 amide bonds. The van der Waals surface area contributed by atoms with Gasteiger partial charge in [-0.3, -0.25) is 37.3 Å². The van der Waals surface area contributed by atoms with Gasteiger partial charge in [-0.15, -0.1) is 0 Å². The minimum atomic E-state index is -4.96. The van der Waals surface area contributed by atoms with Gasteiger partial charge in [-0.2, -0.15) is 0 Å². The number of aliphatic hydroxyl groups excluding tert-OH is 1. The van der Waals surface area contributed by atoms with Crippen LogP contribution in [0.2, 0.25) is 0 Å². The molecule has 5 atom stereocenters. The van der Waals surface area contributed by atoms with Gasteiger partial charge in [0.1, 0.15) is 19.3 Å². The van der Waals surface area contributed by atoms with Crippen molar-refractivity contribution in [1.82, 2.24) is 0 Å². The van der Waals surface area contributed by atoms with Crippen LogP contribution in [0.5, 0.6) is 0 Å². The number of unbranched alkanes of at least 4 members (excludes halogenated alkanes) is 57. The fourth-order valence-corrected chi connectivity index (χ4v) is 14.9. The van der Waals surface area contributed by atoms with Crippen LogP contribution in [0.1, 0.15) is 458 Å². The summed E-state index contributed by atoms with van der Waals surface area (Å²) in [6, 6.07) is 0. The van der Waals surface area contributed by atoms with Crippen LogP contribution in [0.4, 0.5) is 0 Å². The Morgan fingerprint density at radius 2 is 0.442 bits per heavy atom. The predicted octanol–water partition coefficient (Wildman–Crippen LogP) is 26.0. The molecule has 3 N–H and O–H groups in total. The summed E-state index contributed by atoms with van der Waals surface area (Å²) in [6.07, 6.45) is 71.1. The van der Waals surface area contributed by atoms with Gasteiger partial charge in [-0.05, 0) is 31.6 Å². The van der Waals surface area contributed by atoms with E-state index in [9.17, 15) is 43.2 Å². The molecule has 0 fully saturated rings. The number of ether oxygens (including phenoxy) is 4. The van der Waals surface area contributed by atoms with E-state index in [0.29, 0.717) is 25.7 Å². The number of rotatable bonds is 85. The largest absolute Gasteiger partial charge is 0.472 e. The number of aliphatic hydroxyl groups is 1. The van der Waals surface area contributed by atoms with E-state index in [2.05, 4.69) is 34.6 Å². The van der Waals surface area contributed by atoms with Crippen molar-refractivity contribution in [2.45, 2.75) is 477 Å². The molecule has 0 aromatic rings. The van der Waals surface area contributed by atoms with Gasteiger partial charge in [-0.1, -0.05) is 407 Å². The first-order valence-corrected chi connectivity index (χ1v) is 47.1. The molecule has 0 rings (SSSR count). The van der Waals surface area contributed by atoms with E-state index < -0.39 is 97.5 Å². The highest BCUT2D eigenvalue weighted by molar-refractivity contribution is 7.47. The first-order valence-electron chi connectivity index (χ1n) is 44.1. The van der Waals surface area contributed by atoms with Crippen molar-refractivity contribution >= 4 is 39.5 Å². The Balaban J connectivity index is 5.16. The number of hydrogen-bond acceptors (Lipinski definition) is 15. The van der Waals surface area contributed by atoms with E-state index in [1.165, 1.54) is 270 Å². The second kappa shape index (κ2) is 77.8.